The maximum atomic E-state index is 6.11. The molecule has 5 heteroatoms. The highest BCUT2D eigenvalue weighted by Crippen LogP contribution is 2.33. The van der Waals surface area contributed by atoms with Gasteiger partial charge in [0.25, 0.3) is 0 Å². The highest BCUT2D eigenvalue weighted by Gasteiger charge is 2.13. The number of thiophene rings is 1. The first-order valence-corrected chi connectivity index (χ1v) is 6.40. The molecule has 17 heavy (non-hydrogen) atoms. The molecule has 0 radical (unpaired) electrons. The van der Waals surface area contributed by atoms with Crippen molar-refractivity contribution in [3.8, 4) is 10.6 Å². The zero-order chi connectivity index (χ0) is 12.0. The standard InChI is InChI=1S/C12H10ClN3S/c1-7-3-2-4-16-11(14)10(15-12(7)16)9-5-8(13)6-17-9/h2-6H,14H2,1H3. The molecule has 3 aromatic rings. The molecule has 2 N–H and O–H groups in total. The van der Waals surface area contributed by atoms with Crippen LogP contribution in [-0.4, -0.2) is 9.38 Å². The zero-order valence-corrected chi connectivity index (χ0v) is 10.7. The maximum absolute atomic E-state index is 6.11. The van der Waals surface area contributed by atoms with Gasteiger partial charge in [-0.2, -0.15) is 0 Å². The quantitative estimate of drug-likeness (QED) is 0.729. The summed E-state index contributed by atoms with van der Waals surface area (Å²) < 4.78 is 1.90. The summed E-state index contributed by atoms with van der Waals surface area (Å²) in [6, 6.07) is 5.87. The Labute approximate surface area is 107 Å². The number of hydrogen-bond acceptors (Lipinski definition) is 3. The van der Waals surface area contributed by atoms with Crippen molar-refractivity contribution in [2.75, 3.05) is 5.73 Å². The summed E-state index contributed by atoms with van der Waals surface area (Å²) in [7, 11) is 0. The van der Waals surface area contributed by atoms with Gasteiger partial charge in [0.1, 0.15) is 17.2 Å². The molecule has 86 valence electrons. The highest BCUT2D eigenvalue weighted by atomic mass is 35.5. The number of nitrogens with zero attached hydrogens (tertiary/aromatic N) is 2. The fraction of sp³-hybridized carbons (Fsp3) is 0.0833. The largest absolute Gasteiger partial charge is 0.383 e. The number of halogens is 1. The molecule has 3 rings (SSSR count). The second-order valence-electron chi connectivity index (χ2n) is 3.86. The summed E-state index contributed by atoms with van der Waals surface area (Å²) in [4.78, 5) is 5.58. The minimum atomic E-state index is 0.655. The molecule has 0 aliphatic carbocycles. The third-order valence-electron chi connectivity index (χ3n) is 2.68. The average Bonchev–Trinajstić information content (AvgIpc) is 2.85. The van der Waals surface area contributed by atoms with E-state index in [0.29, 0.717) is 5.82 Å². The van der Waals surface area contributed by atoms with Crippen LogP contribution in [-0.2, 0) is 0 Å². The molecule has 0 saturated heterocycles. The lowest BCUT2D eigenvalue weighted by Gasteiger charge is -1.97. The summed E-state index contributed by atoms with van der Waals surface area (Å²) in [6.45, 7) is 2.02. The van der Waals surface area contributed by atoms with Crippen LogP contribution in [0, 0.1) is 6.92 Å². The van der Waals surface area contributed by atoms with Crippen LogP contribution in [0.4, 0.5) is 5.82 Å². The third kappa shape index (κ3) is 1.61. The Morgan fingerprint density at radius 1 is 1.47 bits per heavy atom. The summed E-state index contributed by atoms with van der Waals surface area (Å²) in [5.74, 6) is 0.655. The fourth-order valence-corrected chi connectivity index (χ4v) is 2.91. The second-order valence-corrected chi connectivity index (χ2v) is 5.21. The van der Waals surface area contributed by atoms with Gasteiger partial charge >= 0.3 is 0 Å². The Morgan fingerprint density at radius 3 is 2.94 bits per heavy atom. The van der Waals surface area contributed by atoms with Crippen LogP contribution in [0.15, 0.2) is 29.8 Å². The van der Waals surface area contributed by atoms with Crippen molar-refractivity contribution in [2.24, 2.45) is 0 Å². The first kappa shape index (κ1) is 10.6. The molecule has 3 nitrogen and oxygen atoms in total. The van der Waals surface area contributed by atoms with Gasteiger partial charge in [-0.15, -0.1) is 11.3 Å². The van der Waals surface area contributed by atoms with Gasteiger partial charge in [-0.3, -0.25) is 4.40 Å². The molecule has 3 heterocycles. The van der Waals surface area contributed by atoms with Crippen molar-refractivity contribution < 1.29 is 0 Å². The second kappa shape index (κ2) is 3.75. The number of fused-ring (bicyclic) bond motifs is 1. The van der Waals surface area contributed by atoms with Gasteiger partial charge in [0.2, 0.25) is 0 Å². The van der Waals surface area contributed by atoms with Gasteiger partial charge in [-0.25, -0.2) is 4.98 Å². The Kier molecular flexibility index (Phi) is 2.34. The van der Waals surface area contributed by atoms with E-state index in [4.69, 9.17) is 17.3 Å². The molecule has 0 spiro atoms. The van der Waals surface area contributed by atoms with Gasteiger partial charge in [0, 0.05) is 11.6 Å². The van der Waals surface area contributed by atoms with E-state index in [2.05, 4.69) is 4.98 Å². The molecule has 0 unspecified atom stereocenters. The lowest BCUT2D eigenvalue weighted by atomic mass is 10.3. The monoisotopic (exact) mass is 263 g/mol. The molecular weight excluding hydrogens is 254 g/mol. The Morgan fingerprint density at radius 2 is 2.29 bits per heavy atom. The number of nitrogen functional groups attached to an aromatic ring is 1. The number of nitrogens with two attached hydrogens (primary N) is 1. The van der Waals surface area contributed by atoms with Crippen LogP contribution < -0.4 is 5.73 Å². The van der Waals surface area contributed by atoms with Crippen LogP contribution in [0.1, 0.15) is 5.56 Å². The van der Waals surface area contributed by atoms with Crippen molar-refractivity contribution in [2.45, 2.75) is 6.92 Å². The van der Waals surface area contributed by atoms with E-state index in [-0.39, 0.29) is 0 Å². The van der Waals surface area contributed by atoms with Crippen molar-refractivity contribution in [3.05, 3.63) is 40.4 Å². The van der Waals surface area contributed by atoms with Crippen LogP contribution in [0.3, 0.4) is 0 Å². The van der Waals surface area contributed by atoms with E-state index in [1.54, 1.807) is 11.3 Å². The smallest absolute Gasteiger partial charge is 0.142 e. The van der Waals surface area contributed by atoms with Crippen molar-refractivity contribution in [1.82, 2.24) is 9.38 Å². The first-order valence-electron chi connectivity index (χ1n) is 5.14. The number of hydrogen-bond donors (Lipinski definition) is 1. The lowest BCUT2D eigenvalue weighted by molar-refractivity contribution is 1.17. The highest BCUT2D eigenvalue weighted by molar-refractivity contribution is 7.14. The number of imidazole rings is 1. The van der Waals surface area contributed by atoms with E-state index in [9.17, 15) is 0 Å². The Bertz CT molecular complexity index is 699. The van der Waals surface area contributed by atoms with Gasteiger partial charge in [0.15, 0.2) is 0 Å². The van der Waals surface area contributed by atoms with E-state index in [1.807, 2.05) is 41.1 Å². The van der Waals surface area contributed by atoms with E-state index < -0.39 is 0 Å². The van der Waals surface area contributed by atoms with Gasteiger partial charge < -0.3 is 5.73 Å². The third-order valence-corrected chi connectivity index (χ3v) is 3.97. The molecule has 0 fully saturated rings. The molecule has 0 atom stereocenters. The lowest BCUT2D eigenvalue weighted by Crippen LogP contribution is -1.93. The summed E-state index contributed by atoms with van der Waals surface area (Å²) >= 11 is 7.48. The van der Waals surface area contributed by atoms with Crippen molar-refractivity contribution in [3.63, 3.8) is 0 Å². The summed E-state index contributed by atoms with van der Waals surface area (Å²) in [6.07, 6.45) is 1.92. The zero-order valence-electron chi connectivity index (χ0n) is 9.14. The van der Waals surface area contributed by atoms with Crippen LogP contribution in [0.2, 0.25) is 5.02 Å². The number of aromatic nitrogens is 2. The van der Waals surface area contributed by atoms with Crippen LogP contribution in [0.5, 0.6) is 0 Å². The minimum absolute atomic E-state index is 0.655. The summed E-state index contributed by atoms with van der Waals surface area (Å²) in [5, 5.41) is 2.60. The topological polar surface area (TPSA) is 43.3 Å². The van der Waals surface area contributed by atoms with Crippen LogP contribution >= 0.6 is 22.9 Å². The fourth-order valence-electron chi connectivity index (χ4n) is 1.84. The molecule has 3 aromatic heterocycles. The van der Waals surface area contributed by atoms with Gasteiger partial charge in [-0.05, 0) is 24.6 Å². The minimum Gasteiger partial charge on any atom is -0.383 e. The molecule has 0 bridgehead atoms. The normalized spacial score (nSPS) is 11.2. The summed E-state index contributed by atoms with van der Waals surface area (Å²) in [5.41, 5.74) is 8.91. The predicted molar refractivity (Wildman–Crippen MR) is 72.7 cm³/mol. The number of pyridine rings is 1. The first-order chi connectivity index (χ1) is 8.16. The number of anilines is 1. The Hall–Kier alpha value is -1.52. The van der Waals surface area contributed by atoms with Crippen LogP contribution in [0.25, 0.3) is 16.2 Å². The molecule has 0 amide bonds. The molecular formula is C12H10ClN3S. The average molecular weight is 264 g/mol. The molecule has 0 aromatic carbocycles. The molecule has 0 aliphatic rings. The molecule has 0 saturated carbocycles. The van der Waals surface area contributed by atoms with E-state index in [0.717, 1.165) is 26.8 Å². The van der Waals surface area contributed by atoms with Crippen molar-refractivity contribution >= 4 is 34.4 Å². The van der Waals surface area contributed by atoms with Gasteiger partial charge in [-0.1, -0.05) is 17.7 Å². The van der Waals surface area contributed by atoms with E-state index in [1.165, 1.54) is 0 Å². The Balaban J connectivity index is 2.31. The SMILES string of the molecule is Cc1cccn2c(N)c(-c3cc(Cl)cs3)nc12. The van der Waals surface area contributed by atoms with Gasteiger partial charge in [0.05, 0.1) is 9.90 Å². The maximum Gasteiger partial charge on any atom is 0.142 e. The van der Waals surface area contributed by atoms with Crippen molar-refractivity contribution in [1.29, 1.82) is 0 Å². The molecule has 0 aliphatic heterocycles. The van der Waals surface area contributed by atoms with E-state index >= 15 is 0 Å². The number of aryl methyl sites for hydroxylation is 1. The number of rotatable bonds is 1. The predicted octanol–water partition coefficient (Wildman–Crippen LogP) is 3.61.